The largest absolute Gasteiger partial charge is 0.480 e. The van der Waals surface area contributed by atoms with Crippen LogP contribution in [0.3, 0.4) is 0 Å². The van der Waals surface area contributed by atoms with Crippen LogP contribution >= 0.6 is 0 Å². The van der Waals surface area contributed by atoms with Gasteiger partial charge in [-0.05, 0) is 65.9 Å². The Morgan fingerprint density at radius 1 is 1.03 bits per heavy atom. The number of benzene rings is 3. The number of aliphatic carboxylic acids is 1. The number of nitrogens with one attached hydrogen (secondary N) is 1. The molecule has 35 heavy (non-hydrogen) atoms. The van der Waals surface area contributed by atoms with Crippen LogP contribution < -0.4 is 10.2 Å². The Hall–Kier alpha value is -4.20. The second-order valence-corrected chi connectivity index (χ2v) is 8.80. The number of oxazole rings is 1. The van der Waals surface area contributed by atoms with E-state index in [1.807, 2.05) is 25.1 Å². The lowest BCUT2D eigenvalue weighted by Gasteiger charge is -2.18. The van der Waals surface area contributed by atoms with Crippen molar-refractivity contribution >= 4 is 34.7 Å². The smallest absolute Gasteiger partial charge is 0.326 e. The first kappa shape index (κ1) is 23.9. The zero-order valence-electron chi connectivity index (χ0n) is 19.9. The van der Waals surface area contributed by atoms with Crippen molar-refractivity contribution in [2.45, 2.75) is 26.8 Å². The first-order valence-corrected chi connectivity index (χ1v) is 11.2. The van der Waals surface area contributed by atoms with Crippen LogP contribution in [-0.4, -0.2) is 35.1 Å². The average Bonchev–Trinajstić information content (AvgIpc) is 3.25. The fourth-order valence-corrected chi connectivity index (χ4v) is 3.78. The molecule has 180 valence electrons. The number of hydrogen-bond donors (Lipinski definition) is 2. The number of fused-ring (bicyclic) bond motifs is 1. The maximum atomic E-state index is 15.1. The second-order valence-electron chi connectivity index (χ2n) is 8.80. The van der Waals surface area contributed by atoms with Gasteiger partial charge < -0.3 is 14.8 Å². The van der Waals surface area contributed by atoms with Crippen molar-refractivity contribution in [1.82, 2.24) is 10.3 Å². The molecule has 0 spiro atoms. The molecule has 3 aromatic carbocycles. The minimum absolute atomic E-state index is 0.255. The highest BCUT2D eigenvalue weighted by molar-refractivity contribution is 5.97. The van der Waals surface area contributed by atoms with E-state index in [1.54, 1.807) is 62.2 Å². The fraction of sp³-hybridized carbons (Fsp3) is 0.222. The fourth-order valence-electron chi connectivity index (χ4n) is 3.78. The summed E-state index contributed by atoms with van der Waals surface area (Å²) in [6.07, 6.45) is 0. The van der Waals surface area contributed by atoms with Crippen molar-refractivity contribution < 1.29 is 23.5 Å². The summed E-state index contributed by atoms with van der Waals surface area (Å²) in [5.74, 6) is -2.27. The van der Waals surface area contributed by atoms with Crippen LogP contribution in [0.4, 0.5) is 16.1 Å². The highest BCUT2D eigenvalue weighted by Gasteiger charge is 2.24. The van der Waals surface area contributed by atoms with Gasteiger partial charge in [0.2, 0.25) is 0 Å². The van der Waals surface area contributed by atoms with E-state index in [1.165, 1.54) is 6.07 Å². The first-order valence-electron chi connectivity index (χ1n) is 11.2. The number of nitrogens with zero attached hydrogens (tertiary/aromatic N) is 2. The molecule has 1 heterocycles. The molecule has 0 aliphatic rings. The Balaban J connectivity index is 1.52. The molecule has 0 unspecified atom stereocenters. The Labute approximate surface area is 202 Å². The zero-order valence-corrected chi connectivity index (χ0v) is 19.9. The molecule has 0 fully saturated rings. The number of aryl methyl sites for hydroxylation is 1. The molecule has 1 atom stereocenters. The summed E-state index contributed by atoms with van der Waals surface area (Å²) in [7, 11) is 1.69. The summed E-state index contributed by atoms with van der Waals surface area (Å²) >= 11 is 0. The molecule has 1 aromatic heterocycles. The summed E-state index contributed by atoms with van der Waals surface area (Å²) in [6, 6.07) is 16.4. The van der Waals surface area contributed by atoms with Crippen LogP contribution in [0.5, 0.6) is 0 Å². The van der Waals surface area contributed by atoms with Crippen LogP contribution in [0.15, 0.2) is 65.1 Å². The highest BCUT2D eigenvalue weighted by Crippen LogP contribution is 2.31. The Morgan fingerprint density at radius 3 is 2.34 bits per heavy atom. The lowest BCUT2D eigenvalue weighted by Crippen LogP contribution is -2.44. The van der Waals surface area contributed by atoms with Crippen LogP contribution in [0.1, 0.15) is 29.8 Å². The number of halogens is 1. The van der Waals surface area contributed by atoms with Crippen LogP contribution in [0, 0.1) is 18.7 Å². The molecule has 4 aromatic rings. The van der Waals surface area contributed by atoms with Gasteiger partial charge in [-0.1, -0.05) is 38.1 Å². The minimum Gasteiger partial charge on any atom is -0.480 e. The molecular formula is C27H26FN3O4. The summed E-state index contributed by atoms with van der Waals surface area (Å²) < 4.78 is 20.8. The molecule has 1 amide bonds. The number of carbonyl (C=O) groups is 2. The molecule has 0 saturated heterocycles. The number of carboxylic acids is 1. The van der Waals surface area contributed by atoms with Gasteiger partial charge in [0.15, 0.2) is 5.58 Å². The standard InChI is InChI=1S/C27H26FN3O4/c1-15(2)24(26(33)34)30-25(32)18-8-6-17(7-9-18)19-10-11-22(20(28)14-19)31(4)27-29-21-13-16(3)5-12-23(21)35-27/h5-15,24H,1-4H3,(H,30,32)(H,33,34)/t24-/m0/s1. The number of rotatable bonds is 7. The van der Waals surface area contributed by atoms with Crippen molar-refractivity contribution in [2.24, 2.45) is 5.92 Å². The zero-order chi connectivity index (χ0) is 25.3. The number of carbonyl (C=O) groups excluding carboxylic acids is 1. The van der Waals surface area contributed by atoms with E-state index in [0.29, 0.717) is 33.5 Å². The maximum Gasteiger partial charge on any atom is 0.326 e. The predicted octanol–water partition coefficient (Wildman–Crippen LogP) is 5.55. The van der Waals surface area contributed by atoms with Crippen LogP contribution in [-0.2, 0) is 4.79 Å². The van der Waals surface area contributed by atoms with E-state index in [4.69, 9.17) is 4.42 Å². The van der Waals surface area contributed by atoms with E-state index in [9.17, 15) is 14.7 Å². The van der Waals surface area contributed by atoms with Crippen molar-refractivity contribution in [1.29, 1.82) is 0 Å². The molecule has 0 aliphatic carbocycles. The number of amides is 1. The van der Waals surface area contributed by atoms with Gasteiger partial charge in [-0.25, -0.2) is 9.18 Å². The first-order chi connectivity index (χ1) is 16.6. The van der Waals surface area contributed by atoms with Gasteiger partial charge >= 0.3 is 12.0 Å². The number of anilines is 2. The third-order valence-electron chi connectivity index (χ3n) is 5.83. The SMILES string of the molecule is Cc1ccc2oc(N(C)c3ccc(-c4ccc(C(=O)N[C@H](C(=O)O)C(C)C)cc4)cc3F)nc2c1. The van der Waals surface area contributed by atoms with Crippen molar-refractivity contribution in [3.8, 4) is 11.1 Å². The predicted molar refractivity (Wildman–Crippen MR) is 132 cm³/mol. The molecule has 0 radical (unpaired) electrons. The van der Waals surface area contributed by atoms with Gasteiger partial charge in [0.1, 0.15) is 17.4 Å². The molecule has 8 heteroatoms. The highest BCUT2D eigenvalue weighted by atomic mass is 19.1. The topological polar surface area (TPSA) is 95.7 Å². The van der Waals surface area contributed by atoms with E-state index in [0.717, 1.165) is 5.56 Å². The molecule has 0 aliphatic heterocycles. The van der Waals surface area contributed by atoms with E-state index >= 15 is 4.39 Å². The summed E-state index contributed by atoms with van der Waals surface area (Å²) in [6.45, 7) is 5.42. The third-order valence-corrected chi connectivity index (χ3v) is 5.83. The quantitative estimate of drug-likeness (QED) is 0.364. The van der Waals surface area contributed by atoms with Gasteiger partial charge in [0, 0.05) is 12.6 Å². The molecule has 2 N–H and O–H groups in total. The molecule has 0 bridgehead atoms. The lowest BCUT2D eigenvalue weighted by molar-refractivity contribution is -0.140. The lowest BCUT2D eigenvalue weighted by atomic mass is 10.0. The molecular weight excluding hydrogens is 449 g/mol. The minimum atomic E-state index is -1.08. The summed E-state index contributed by atoms with van der Waals surface area (Å²) in [5.41, 5.74) is 4.36. The average molecular weight is 476 g/mol. The number of aromatic nitrogens is 1. The van der Waals surface area contributed by atoms with Crippen molar-refractivity contribution in [3.63, 3.8) is 0 Å². The number of hydrogen-bond acceptors (Lipinski definition) is 5. The monoisotopic (exact) mass is 475 g/mol. The Bertz CT molecular complexity index is 1400. The Kier molecular flexibility index (Phi) is 6.55. The second kappa shape index (κ2) is 9.58. The third kappa shape index (κ3) is 5.01. The van der Waals surface area contributed by atoms with Crippen LogP contribution in [0.25, 0.3) is 22.2 Å². The Morgan fingerprint density at radius 2 is 1.71 bits per heavy atom. The van der Waals surface area contributed by atoms with Crippen molar-refractivity contribution in [3.05, 3.63) is 77.6 Å². The van der Waals surface area contributed by atoms with Gasteiger partial charge in [-0.15, -0.1) is 0 Å². The maximum absolute atomic E-state index is 15.1. The van der Waals surface area contributed by atoms with E-state index < -0.39 is 23.7 Å². The van der Waals surface area contributed by atoms with E-state index in [-0.39, 0.29) is 11.9 Å². The van der Waals surface area contributed by atoms with E-state index in [2.05, 4.69) is 10.3 Å². The van der Waals surface area contributed by atoms with Gasteiger partial charge in [0.05, 0.1) is 5.69 Å². The van der Waals surface area contributed by atoms with Crippen molar-refractivity contribution in [2.75, 3.05) is 11.9 Å². The van der Waals surface area contributed by atoms with Crippen LogP contribution in [0.2, 0.25) is 0 Å². The van der Waals surface area contributed by atoms with Gasteiger partial charge in [-0.3, -0.25) is 9.69 Å². The summed E-state index contributed by atoms with van der Waals surface area (Å²) in [4.78, 5) is 29.8. The van der Waals surface area contributed by atoms with Gasteiger partial charge in [0.25, 0.3) is 5.91 Å². The molecule has 7 nitrogen and oxygen atoms in total. The normalized spacial score (nSPS) is 12.1. The molecule has 4 rings (SSSR count). The molecule has 0 saturated carbocycles. The van der Waals surface area contributed by atoms with Gasteiger partial charge in [-0.2, -0.15) is 4.98 Å². The number of carboxylic acid groups (broad SMARTS) is 1. The summed E-state index contributed by atoms with van der Waals surface area (Å²) in [5, 5.41) is 11.8.